The predicted molar refractivity (Wildman–Crippen MR) is 83.4 cm³/mol. The Kier molecular flexibility index (Phi) is 4.55. The standard InChI is InChI=1S/C14H11ClN2O2S/c15-9-6-7-11(13(16)20)12(8-9)17-14(18)19-10-4-2-1-3-5-10/h1-8H,(H2,16,20)(H,17,18). The SMILES string of the molecule is NC(=S)c1ccc(Cl)cc1NC(=O)Oc1ccccc1. The van der Waals surface area contributed by atoms with E-state index in [9.17, 15) is 4.79 Å². The monoisotopic (exact) mass is 306 g/mol. The minimum absolute atomic E-state index is 0.164. The van der Waals surface area contributed by atoms with Crippen molar-refractivity contribution < 1.29 is 9.53 Å². The topological polar surface area (TPSA) is 64.3 Å². The molecule has 102 valence electrons. The summed E-state index contributed by atoms with van der Waals surface area (Å²) < 4.78 is 5.12. The third-order valence-electron chi connectivity index (χ3n) is 2.44. The maximum absolute atomic E-state index is 11.8. The number of para-hydroxylation sites is 1. The van der Waals surface area contributed by atoms with Gasteiger partial charge in [0, 0.05) is 10.6 Å². The average molecular weight is 307 g/mol. The molecule has 0 aromatic heterocycles. The lowest BCUT2D eigenvalue weighted by Gasteiger charge is -2.10. The largest absolute Gasteiger partial charge is 0.417 e. The fourth-order valence-electron chi connectivity index (χ4n) is 1.57. The number of carbonyl (C=O) groups excluding carboxylic acids is 1. The number of nitrogens with two attached hydrogens (primary N) is 1. The van der Waals surface area contributed by atoms with Crippen LogP contribution in [0.5, 0.6) is 5.75 Å². The number of anilines is 1. The van der Waals surface area contributed by atoms with Crippen molar-refractivity contribution in [2.24, 2.45) is 5.73 Å². The van der Waals surface area contributed by atoms with Crippen LogP contribution in [0.25, 0.3) is 0 Å². The van der Waals surface area contributed by atoms with E-state index < -0.39 is 6.09 Å². The molecule has 2 aromatic rings. The van der Waals surface area contributed by atoms with Gasteiger partial charge in [-0.2, -0.15) is 0 Å². The first-order chi connectivity index (χ1) is 9.56. The molecule has 4 nitrogen and oxygen atoms in total. The number of thiocarbonyl (C=S) groups is 1. The first-order valence-electron chi connectivity index (χ1n) is 5.69. The van der Waals surface area contributed by atoms with Gasteiger partial charge in [-0.15, -0.1) is 0 Å². The average Bonchev–Trinajstić information content (AvgIpc) is 2.39. The summed E-state index contributed by atoms with van der Waals surface area (Å²) in [5, 5.41) is 3.03. The van der Waals surface area contributed by atoms with Crippen molar-refractivity contribution in [3.05, 3.63) is 59.1 Å². The number of benzene rings is 2. The van der Waals surface area contributed by atoms with Crippen molar-refractivity contribution in [1.29, 1.82) is 0 Å². The van der Waals surface area contributed by atoms with Crippen molar-refractivity contribution in [3.63, 3.8) is 0 Å². The van der Waals surface area contributed by atoms with Gasteiger partial charge in [0.2, 0.25) is 0 Å². The van der Waals surface area contributed by atoms with E-state index >= 15 is 0 Å². The minimum Gasteiger partial charge on any atom is -0.410 e. The number of nitrogens with one attached hydrogen (secondary N) is 1. The van der Waals surface area contributed by atoms with Gasteiger partial charge in [0.15, 0.2) is 0 Å². The lowest BCUT2D eigenvalue weighted by molar-refractivity contribution is 0.215. The number of amides is 1. The molecule has 0 aliphatic rings. The van der Waals surface area contributed by atoms with Crippen molar-refractivity contribution in [3.8, 4) is 5.75 Å². The first-order valence-corrected chi connectivity index (χ1v) is 6.48. The molecule has 0 saturated heterocycles. The summed E-state index contributed by atoms with van der Waals surface area (Å²) in [7, 11) is 0. The zero-order chi connectivity index (χ0) is 14.5. The van der Waals surface area contributed by atoms with E-state index in [1.54, 1.807) is 42.5 Å². The molecule has 2 aromatic carbocycles. The molecule has 0 bridgehead atoms. The Morgan fingerprint density at radius 2 is 1.90 bits per heavy atom. The van der Waals surface area contributed by atoms with E-state index in [1.807, 2.05) is 6.07 Å². The summed E-state index contributed by atoms with van der Waals surface area (Å²) in [6.07, 6.45) is -0.643. The Labute approximate surface area is 126 Å². The number of carbonyl (C=O) groups is 1. The second-order valence-electron chi connectivity index (χ2n) is 3.88. The van der Waals surface area contributed by atoms with E-state index in [2.05, 4.69) is 5.32 Å². The molecule has 0 unspecified atom stereocenters. The molecule has 0 radical (unpaired) electrons. The highest BCUT2D eigenvalue weighted by atomic mass is 35.5. The van der Waals surface area contributed by atoms with Crippen LogP contribution in [0.4, 0.5) is 10.5 Å². The summed E-state index contributed by atoms with van der Waals surface area (Å²) in [5.74, 6) is 0.434. The highest BCUT2D eigenvalue weighted by Gasteiger charge is 2.11. The first kappa shape index (κ1) is 14.3. The van der Waals surface area contributed by atoms with Gasteiger partial charge in [-0.1, -0.05) is 42.0 Å². The van der Waals surface area contributed by atoms with Gasteiger partial charge in [-0.05, 0) is 30.3 Å². The van der Waals surface area contributed by atoms with Crippen LogP contribution >= 0.6 is 23.8 Å². The Balaban J connectivity index is 2.15. The smallest absolute Gasteiger partial charge is 0.410 e. The highest BCUT2D eigenvalue weighted by molar-refractivity contribution is 7.80. The molecule has 0 aliphatic carbocycles. The van der Waals surface area contributed by atoms with Gasteiger partial charge in [0.05, 0.1) is 5.69 Å². The van der Waals surface area contributed by atoms with Gasteiger partial charge < -0.3 is 10.5 Å². The third-order valence-corrected chi connectivity index (χ3v) is 2.89. The maximum Gasteiger partial charge on any atom is 0.417 e. The zero-order valence-corrected chi connectivity index (χ0v) is 11.9. The van der Waals surface area contributed by atoms with E-state index in [0.717, 1.165) is 0 Å². The van der Waals surface area contributed by atoms with Crippen LogP contribution in [0.15, 0.2) is 48.5 Å². The Bertz CT molecular complexity index is 647. The number of rotatable bonds is 3. The second kappa shape index (κ2) is 6.36. The van der Waals surface area contributed by atoms with Crippen LogP contribution in [-0.4, -0.2) is 11.1 Å². The number of hydrogen-bond acceptors (Lipinski definition) is 3. The molecule has 0 atom stereocenters. The van der Waals surface area contributed by atoms with E-state index in [-0.39, 0.29) is 4.99 Å². The fraction of sp³-hybridized carbons (Fsp3) is 0. The van der Waals surface area contributed by atoms with Crippen LogP contribution in [0.2, 0.25) is 5.02 Å². The normalized spacial score (nSPS) is 9.85. The second-order valence-corrected chi connectivity index (χ2v) is 4.76. The van der Waals surface area contributed by atoms with Gasteiger partial charge in [0.25, 0.3) is 0 Å². The minimum atomic E-state index is -0.643. The van der Waals surface area contributed by atoms with E-state index in [1.165, 1.54) is 0 Å². The quantitative estimate of drug-likeness (QED) is 0.851. The van der Waals surface area contributed by atoms with Crippen molar-refractivity contribution in [2.45, 2.75) is 0 Å². The zero-order valence-electron chi connectivity index (χ0n) is 10.3. The van der Waals surface area contributed by atoms with Gasteiger partial charge in [-0.25, -0.2) is 4.79 Å². The Hall–Kier alpha value is -2.11. The summed E-state index contributed by atoms with van der Waals surface area (Å²) in [6.45, 7) is 0. The lowest BCUT2D eigenvalue weighted by Crippen LogP contribution is -2.20. The Morgan fingerprint density at radius 3 is 2.55 bits per heavy atom. The predicted octanol–water partition coefficient (Wildman–Crippen LogP) is 3.59. The van der Waals surface area contributed by atoms with Gasteiger partial charge in [-0.3, -0.25) is 5.32 Å². The van der Waals surface area contributed by atoms with Gasteiger partial charge >= 0.3 is 6.09 Å². The lowest BCUT2D eigenvalue weighted by atomic mass is 10.2. The molecule has 1 amide bonds. The van der Waals surface area contributed by atoms with E-state index in [0.29, 0.717) is 22.0 Å². The third kappa shape index (κ3) is 3.69. The molecule has 6 heteroatoms. The molecule has 3 N–H and O–H groups in total. The molecule has 0 aliphatic heterocycles. The number of ether oxygens (including phenoxy) is 1. The molecule has 0 spiro atoms. The van der Waals surface area contributed by atoms with Crippen LogP contribution in [0.3, 0.4) is 0 Å². The molecule has 20 heavy (non-hydrogen) atoms. The van der Waals surface area contributed by atoms with Gasteiger partial charge in [0.1, 0.15) is 10.7 Å². The van der Waals surface area contributed by atoms with E-state index in [4.69, 9.17) is 34.3 Å². The fourth-order valence-corrected chi connectivity index (χ4v) is 1.92. The maximum atomic E-state index is 11.8. The van der Waals surface area contributed by atoms with Crippen LogP contribution in [0.1, 0.15) is 5.56 Å². The summed E-state index contributed by atoms with van der Waals surface area (Å²) in [6, 6.07) is 13.5. The number of hydrogen-bond donors (Lipinski definition) is 2. The summed E-state index contributed by atoms with van der Waals surface area (Å²) in [5.41, 5.74) is 6.52. The van der Waals surface area contributed by atoms with Crippen LogP contribution < -0.4 is 15.8 Å². The summed E-state index contributed by atoms with van der Waals surface area (Å²) in [4.78, 5) is 12.0. The van der Waals surface area contributed by atoms with Crippen molar-refractivity contribution in [2.75, 3.05) is 5.32 Å². The van der Waals surface area contributed by atoms with Crippen molar-refractivity contribution >= 4 is 40.6 Å². The number of halogens is 1. The summed E-state index contributed by atoms with van der Waals surface area (Å²) >= 11 is 10.8. The Morgan fingerprint density at radius 1 is 1.20 bits per heavy atom. The van der Waals surface area contributed by atoms with Crippen LogP contribution in [-0.2, 0) is 0 Å². The molecular weight excluding hydrogens is 296 g/mol. The molecule has 0 saturated carbocycles. The molecular formula is C14H11ClN2O2S. The van der Waals surface area contributed by atoms with Crippen molar-refractivity contribution in [1.82, 2.24) is 0 Å². The molecule has 2 rings (SSSR count). The highest BCUT2D eigenvalue weighted by Crippen LogP contribution is 2.21. The molecule has 0 fully saturated rings. The van der Waals surface area contributed by atoms with Crippen LogP contribution in [0, 0.1) is 0 Å². The molecule has 0 heterocycles.